The molecule has 2 aromatic carbocycles. The van der Waals surface area contributed by atoms with Crippen molar-refractivity contribution >= 4 is 34.7 Å². The molecule has 0 unspecified atom stereocenters. The third kappa shape index (κ3) is 4.08. The van der Waals surface area contributed by atoms with Gasteiger partial charge in [0.2, 0.25) is 0 Å². The molecule has 1 amide bonds. The fourth-order valence-electron chi connectivity index (χ4n) is 2.20. The second kappa shape index (κ2) is 7.57. The summed E-state index contributed by atoms with van der Waals surface area (Å²) >= 11 is 1.56. The zero-order chi connectivity index (χ0) is 16.8. The molecule has 24 heavy (non-hydrogen) atoms. The number of aryl methyl sites for hydroxylation is 1. The SMILES string of the molecule is Cc1nc(/C=C/C(=O)NN(c2ccccc2)c2ccccc2)cs1. The molecule has 0 saturated heterocycles. The zero-order valence-electron chi connectivity index (χ0n) is 13.2. The average molecular weight is 335 g/mol. The molecule has 0 saturated carbocycles. The van der Waals surface area contributed by atoms with Crippen molar-refractivity contribution < 1.29 is 4.79 Å². The lowest BCUT2D eigenvalue weighted by molar-refractivity contribution is -0.116. The van der Waals surface area contributed by atoms with Gasteiger partial charge in [0.15, 0.2) is 0 Å². The van der Waals surface area contributed by atoms with Gasteiger partial charge in [0, 0.05) is 11.5 Å². The molecular formula is C19H17N3OS. The molecule has 3 rings (SSSR count). The molecule has 0 aliphatic heterocycles. The summed E-state index contributed by atoms with van der Waals surface area (Å²) in [5.74, 6) is -0.214. The van der Waals surface area contributed by atoms with Gasteiger partial charge in [-0.1, -0.05) is 36.4 Å². The minimum atomic E-state index is -0.214. The Morgan fingerprint density at radius 3 is 2.12 bits per heavy atom. The highest BCUT2D eigenvalue weighted by molar-refractivity contribution is 7.09. The van der Waals surface area contributed by atoms with Crippen LogP contribution < -0.4 is 10.4 Å². The monoisotopic (exact) mass is 335 g/mol. The molecule has 0 atom stereocenters. The Kier molecular flexibility index (Phi) is 5.03. The third-order valence-electron chi connectivity index (χ3n) is 3.29. The maximum atomic E-state index is 12.3. The largest absolute Gasteiger partial charge is 0.268 e. The van der Waals surface area contributed by atoms with Crippen molar-refractivity contribution in [2.75, 3.05) is 5.01 Å². The standard InChI is InChI=1S/C19H17N3OS/c1-15-20-16(14-24-15)12-13-19(23)21-22(17-8-4-2-5-9-17)18-10-6-3-7-11-18/h2-14H,1H3,(H,21,23)/b13-12+. The van der Waals surface area contributed by atoms with Crippen LogP contribution in [0.4, 0.5) is 11.4 Å². The highest BCUT2D eigenvalue weighted by atomic mass is 32.1. The first-order valence-corrected chi connectivity index (χ1v) is 8.41. The van der Waals surface area contributed by atoms with Crippen molar-refractivity contribution in [3.8, 4) is 0 Å². The second-order valence-electron chi connectivity index (χ2n) is 5.11. The Morgan fingerprint density at radius 2 is 1.62 bits per heavy atom. The third-order valence-corrected chi connectivity index (χ3v) is 4.08. The predicted octanol–water partition coefficient (Wildman–Crippen LogP) is 4.33. The fourth-order valence-corrected chi connectivity index (χ4v) is 2.78. The van der Waals surface area contributed by atoms with Crippen LogP contribution in [0, 0.1) is 6.92 Å². The Hall–Kier alpha value is -2.92. The van der Waals surface area contributed by atoms with E-state index < -0.39 is 0 Å². The van der Waals surface area contributed by atoms with E-state index in [-0.39, 0.29) is 5.91 Å². The van der Waals surface area contributed by atoms with E-state index in [1.54, 1.807) is 22.4 Å². The molecule has 0 aliphatic carbocycles. The summed E-state index contributed by atoms with van der Waals surface area (Å²) in [5, 5.41) is 4.66. The average Bonchev–Trinajstić information content (AvgIpc) is 3.05. The summed E-state index contributed by atoms with van der Waals surface area (Å²) in [4.78, 5) is 16.6. The number of hydrogen-bond acceptors (Lipinski definition) is 4. The number of nitrogens with one attached hydrogen (secondary N) is 1. The van der Waals surface area contributed by atoms with Crippen molar-refractivity contribution in [3.05, 3.63) is 82.8 Å². The van der Waals surface area contributed by atoms with E-state index in [0.29, 0.717) is 0 Å². The molecule has 1 aromatic heterocycles. The van der Waals surface area contributed by atoms with Gasteiger partial charge in [0.1, 0.15) is 0 Å². The van der Waals surface area contributed by atoms with Crippen LogP contribution in [0.25, 0.3) is 6.08 Å². The number of rotatable bonds is 5. The molecule has 0 bridgehead atoms. The smallest absolute Gasteiger partial charge is 0.262 e. The minimum absolute atomic E-state index is 0.214. The topological polar surface area (TPSA) is 45.2 Å². The fraction of sp³-hybridized carbons (Fsp3) is 0.0526. The van der Waals surface area contributed by atoms with Crippen LogP contribution in [-0.2, 0) is 4.79 Å². The van der Waals surface area contributed by atoms with Crippen LogP contribution in [0.3, 0.4) is 0 Å². The lowest BCUT2D eigenvalue weighted by atomic mass is 10.2. The molecule has 1 N–H and O–H groups in total. The van der Waals surface area contributed by atoms with E-state index >= 15 is 0 Å². The molecule has 0 fully saturated rings. The molecule has 0 aliphatic rings. The van der Waals surface area contributed by atoms with E-state index in [4.69, 9.17) is 0 Å². The second-order valence-corrected chi connectivity index (χ2v) is 6.17. The summed E-state index contributed by atoms with van der Waals surface area (Å²) in [6.07, 6.45) is 3.21. The van der Waals surface area contributed by atoms with Gasteiger partial charge in [-0.15, -0.1) is 11.3 Å². The number of carbonyl (C=O) groups is 1. The van der Waals surface area contributed by atoms with Crippen molar-refractivity contribution in [2.45, 2.75) is 6.92 Å². The maximum Gasteiger partial charge on any atom is 0.262 e. The number of amides is 1. The van der Waals surface area contributed by atoms with Crippen molar-refractivity contribution in [2.24, 2.45) is 0 Å². The number of nitrogens with zero attached hydrogens (tertiary/aromatic N) is 2. The number of anilines is 2. The summed E-state index contributed by atoms with van der Waals surface area (Å²) in [6.45, 7) is 1.94. The summed E-state index contributed by atoms with van der Waals surface area (Å²) in [6, 6.07) is 19.4. The Labute approximate surface area is 145 Å². The normalized spacial score (nSPS) is 10.7. The molecule has 3 aromatic rings. The quantitative estimate of drug-likeness (QED) is 0.557. The number of para-hydroxylation sites is 2. The lowest BCUT2D eigenvalue weighted by Gasteiger charge is -2.24. The van der Waals surface area contributed by atoms with Gasteiger partial charge < -0.3 is 0 Å². The first-order valence-electron chi connectivity index (χ1n) is 7.53. The van der Waals surface area contributed by atoms with E-state index in [1.165, 1.54) is 6.08 Å². The lowest BCUT2D eigenvalue weighted by Crippen LogP contribution is -2.37. The highest BCUT2D eigenvalue weighted by Crippen LogP contribution is 2.22. The Bertz CT molecular complexity index is 789. The Morgan fingerprint density at radius 1 is 1.04 bits per heavy atom. The maximum absolute atomic E-state index is 12.3. The van der Waals surface area contributed by atoms with Gasteiger partial charge >= 0.3 is 0 Å². The van der Waals surface area contributed by atoms with Gasteiger partial charge in [-0.2, -0.15) is 0 Å². The number of hydrogen-bond donors (Lipinski definition) is 1. The molecular weight excluding hydrogens is 318 g/mol. The summed E-state index contributed by atoms with van der Waals surface area (Å²) in [5.41, 5.74) is 5.47. The summed E-state index contributed by atoms with van der Waals surface area (Å²) in [7, 11) is 0. The van der Waals surface area contributed by atoms with Gasteiger partial charge in [-0.05, 0) is 37.3 Å². The zero-order valence-corrected chi connectivity index (χ0v) is 14.0. The van der Waals surface area contributed by atoms with E-state index in [1.807, 2.05) is 73.0 Å². The van der Waals surface area contributed by atoms with Crippen LogP contribution in [0.2, 0.25) is 0 Å². The predicted molar refractivity (Wildman–Crippen MR) is 99.1 cm³/mol. The van der Waals surface area contributed by atoms with Crippen molar-refractivity contribution in [1.82, 2.24) is 10.4 Å². The number of benzene rings is 2. The minimum Gasteiger partial charge on any atom is -0.268 e. The number of thiazole rings is 1. The summed E-state index contributed by atoms with van der Waals surface area (Å²) < 4.78 is 0. The van der Waals surface area contributed by atoms with Crippen LogP contribution in [-0.4, -0.2) is 10.9 Å². The van der Waals surface area contributed by atoms with Gasteiger partial charge in [-0.3, -0.25) is 15.2 Å². The number of hydrazine groups is 1. The van der Waals surface area contributed by atoms with Crippen LogP contribution in [0.15, 0.2) is 72.1 Å². The first-order chi connectivity index (χ1) is 11.7. The van der Waals surface area contributed by atoms with Gasteiger partial charge in [0.05, 0.1) is 22.1 Å². The Balaban J connectivity index is 1.79. The van der Waals surface area contributed by atoms with E-state index in [2.05, 4.69) is 10.4 Å². The number of carbonyl (C=O) groups excluding carboxylic acids is 1. The van der Waals surface area contributed by atoms with Crippen LogP contribution in [0.5, 0.6) is 0 Å². The van der Waals surface area contributed by atoms with E-state index in [9.17, 15) is 4.79 Å². The molecule has 0 radical (unpaired) electrons. The van der Waals surface area contributed by atoms with Crippen molar-refractivity contribution in [1.29, 1.82) is 0 Å². The van der Waals surface area contributed by atoms with Crippen molar-refractivity contribution in [3.63, 3.8) is 0 Å². The molecule has 4 nitrogen and oxygen atoms in total. The molecule has 0 spiro atoms. The number of aromatic nitrogens is 1. The molecule has 5 heteroatoms. The highest BCUT2D eigenvalue weighted by Gasteiger charge is 2.10. The molecule has 1 heterocycles. The van der Waals surface area contributed by atoms with Gasteiger partial charge in [0.25, 0.3) is 5.91 Å². The first kappa shape index (κ1) is 16.0. The van der Waals surface area contributed by atoms with Gasteiger partial charge in [-0.25, -0.2) is 4.98 Å². The van der Waals surface area contributed by atoms with E-state index in [0.717, 1.165) is 22.1 Å². The molecule has 120 valence electrons. The van der Waals surface area contributed by atoms with Crippen LogP contribution >= 0.6 is 11.3 Å². The van der Waals surface area contributed by atoms with Crippen LogP contribution in [0.1, 0.15) is 10.7 Å².